The molecule has 1 aromatic rings. The van der Waals surface area contributed by atoms with Crippen molar-refractivity contribution in [2.24, 2.45) is 0 Å². The Bertz CT molecular complexity index is 449. The molecule has 0 saturated carbocycles. The summed E-state index contributed by atoms with van der Waals surface area (Å²) in [6, 6.07) is 5.68. The Kier molecular flexibility index (Phi) is 4.65. The van der Waals surface area contributed by atoms with Crippen LogP contribution in [0.3, 0.4) is 0 Å². The van der Waals surface area contributed by atoms with E-state index in [0.717, 1.165) is 30.5 Å². The minimum absolute atomic E-state index is 0.0228. The Morgan fingerprint density at radius 1 is 1.56 bits per heavy atom. The van der Waals surface area contributed by atoms with Crippen LogP contribution >= 0.6 is 27.5 Å². The largest absolute Gasteiger partial charge is 0.333 e. The van der Waals surface area contributed by atoms with Crippen molar-refractivity contribution in [3.63, 3.8) is 0 Å². The van der Waals surface area contributed by atoms with Crippen LogP contribution < -0.4 is 5.32 Å². The highest BCUT2D eigenvalue weighted by Crippen LogP contribution is 2.23. The molecule has 98 valence electrons. The highest BCUT2D eigenvalue weighted by Gasteiger charge is 2.29. The van der Waals surface area contributed by atoms with Gasteiger partial charge in [-0.05, 0) is 24.6 Å². The lowest BCUT2D eigenvalue weighted by molar-refractivity contribution is 0.0616. The molecule has 1 aromatic carbocycles. The number of halogens is 2. The first-order valence-corrected chi connectivity index (χ1v) is 7.27. The first-order valence-electron chi connectivity index (χ1n) is 6.10. The second-order valence-electron chi connectivity index (χ2n) is 4.43. The fourth-order valence-electron chi connectivity index (χ4n) is 2.00. The summed E-state index contributed by atoms with van der Waals surface area (Å²) in [5.74, 6) is 0.0228. The molecule has 0 unspecified atom stereocenters. The molecule has 1 amide bonds. The van der Waals surface area contributed by atoms with E-state index >= 15 is 0 Å². The van der Waals surface area contributed by atoms with Crippen molar-refractivity contribution >= 4 is 33.4 Å². The van der Waals surface area contributed by atoms with Gasteiger partial charge in [0.05, 0.1) is 16.6 Å². The Balaban J connectivity index is 2.23. The number of carbonyl (C=O) groups excluding carboxylic acids is 1. The fourth-order valence-corrected chi connectivity index (χ4v) is 2.56. The van der Waals surface area contributed by atoms with Gasteiger partial charge in [0.25, 0.3) is 5.91 Å². The lowest BCUT2D eigenvalue weighted by Gasteiger charge is -2.38. The van der Waals surface area contributed by atoms with Gasteiger partial charge in [-0.15, -0.1) is 0 Å². The molecule has 0 radical (unpaired) electrons. The Morgan fingerprint density at radius 3 is 2.83 bits per heavy atom. The smallest absolute Gasteiger partial charge is 0.255 e. The van der Waals surface area contributed by atoms with Crippen molar-refractivity contribution in [2.75, 3.05) is 19.6 Å². The van der Waals surface area contributed by atoms with Gasteiger partial charge in [-0.1, -0.05) is 34.5 Å². The average molecular weight is 332 g/mol. The highest BCUT2D eigenvalue weighted by atomic mass is 79.9. The Hall–Kier alpha value is -0.580. The Morgan fingerprint density at radius 2 is 2.28 bits per heavy atom. The molecule has 2 rings (SSSR count). The maximum absolute atomic E-state index is 12.5. The van der Waals surface area contributed by atoms with E-state index in [1.54, 1.807) is 12.1 Å². The van der Waals surface area contributed by atoms with Crippen molar-refractivity contribution in [1.29, 1.82) is 0 Å². The number of amides is 1. The molecular formula is C13H16BrClN2O. The third kappa shape index (κ3) is 2.87. The van der Waals surface area contributed by atoms with Crippen LogP contribution in [0.2, 0.25) is 5.02 Å². The van der Waals surface area contributed by atoms with E-state index in [-0.39, 0.29) is 5.91 Å². The van der Waals surface area contributed by atoms with Crippen molar-refractivity contribution in [3.8, 4) is 0 Å². The first-order chi connectivity index (χ1) is 8.63. The van der Waals surface area contributed by atoms with E-state index < -0.39 is 0 Å². The zero-order chi connectivity index (χ0) is 13.1. The van der Waals surface area contributed by atoms with Gasteiger partial charge in [0.1, 0.15) is 0 Å². The van der Waals surface area contributed by atoms with E-state index in [1.807, 2.05) is 11.0 Å². The van der Waals surface area contributed by atoms with Crippen LogP contribution in [0.5, 0.6) is 0 Å². The molecule has 0 spiro atoms. The highest BCUT2D eigenvalue weighted by molar-refractivity contribution is 9.10. The van der Waals surface area contributed by atoms with Crippen LogP contribution in [0.4, 0.5) is 0 Å². The predicted molar refractivity (Wildman–Crippen MR) is 77.1 cm³/mol. The van der Waals surface area contributed by atoms with Crippen molar-refractivity contribution in [2.45, 2.75) is 19.4 Å². The van der Waals surface area contributed by atoms with Crippen molar-refractivity contribution in [3.05, 3.63) is 33.3 Å². The summed E-state index contributed by atoms with van der Waals surface area (Å²) in [7, 11) is 0. The summed E-state index contributed by atoms with van der Waals surface area (Å²) in [5.41, 5.74) is 0.575. The SMILES string of the molecule is CCCN(C(=O)c1cc(Br)ccc1Cl)C1CNC1. The van der Waals surface area contributed by atoms with Crippen LogP contribution in [-0.4, -0.2) is 36.5 Å². The number of hydrogen-bond acceptors (Lipinski definition) is 2. The van der Waals surface area contributed by atoms with E-state index in [9.17, 15) is 4.79 Å². The summed E-state index contributed by atoms with van der Waals surface area (Å²) in [6.07, 6.45) is 0.952. The first kappa shape index (κ1) is 13.8. The number of nitrogens with one attached hydrogen (secondary N) is 1. The molecule has 0 aliphatic carbocycles. The van der Waals surface area contributed by atoms with Gasteiger partial charge in [-0.3, -0.25) is 4.79 Å². The normalized spacial score (nSPS) is 15.3. The summed E-state index contributed by atoms with van der Waals surface area (Å²) < 4.78 is 0.874. The molecule has 0 bridgehead atoms. The molecule has 0 atom stereocenters. The van der Waals surface area contributed by atoms with Gasteiger partial charge in [-0.2, -0.15) is 0 Å². The molecule has 3 nitrogen and oxygen atoms in total. The second kappa shape index (κ2) is 6.04. The quantitative estimate of drug-likeness (QED) is 0.920. The van der Waals surface area contributed by atoms with Gasteiger partial charge in [0.15, 0.2) is 0 Å². The summed E-state index contributed by atoms with van der Waals surface area (Å²) >= 11 is 9.50. The zero-order valence-electron chi connectivity index (χ0n) is 10.2. The summed E-state index contributed by atoms with van der Waals surface area (Å²) in [6.45, 7) is 4.59. The van der Waals surface area contributed by atoms with Gasteiger partial charge in [0, 0.05) is 24.1 Å². The van der Waals surface area contributed by atoms with Crippen LogP contribution in [0.25, 0.3) is 0 Å². The lowest BCUT2D eigenvalue weighted by Crippen LogP contribution is -2.59. The molecule has 1 aliphatic rings. The minimum Gasteiger partial charge on any atom is -0.333 e. The van der Waals surface area contributed by atoms with Crippen molar-refractivity contribution in [1.82, 2.24) is 10.2 Å². The maximum Gasteiger partial charge on any atom is 0.255 e. The van der Waals surface area contributed by atoms with E-state index in [2.05, 4.69) is 28.2 Å². The average Bonchev–Trinajstić information content (AvgIpc) is 2.28. The number of rotatable bonds is 4. The number of nitrogens with zero attached hydrogens (tertiary/aromatic N) is 1. The van der Waals surface area contributed by atoms with E-state index in [4.69, 9.17) is 11.6 Å². The van der Waals surface area contributed by atoms with Gasteiger partial charge < -0.3 is 10.2 Å². The second-order valence-corrected chi connectivity index (χ2v) is 5.76. The van der Waals surface area contributed by atoms with Crippen molar-refractivity contribution < 1.29 is 4.79 Å². The van der Waals surface area contributed by atoms with E-state index in [0.29, 0.717) is 16.6 Å². The number of carbonyl (C=O) groups is 1. The molecule has 18 heavy (non-hydrogen) atoms. The van der Waals surface area contributed by atoms with Crippen LogP contribution in [-0.2, 0) is 0 Å². The number of benzene rings is 1. The van der Waals surface area contributed by atoms with Crippen LogP contribution in [0.15, 0.2) is 22.7 Å². The number of hydrogen-bond donors (Lipinski definition) is 1. The van der Waals surface area contributed by atoms with Crippen LogP contribution in [0, 0.1) is 0 Å². The molecule has 1 aliphatic heterocycles. The molecular weight excluding hydrogens is 316 g/mol. The summed E-state index contributed by atoms with van der Waals surface area (Å²) in [4.78, 5) is 14.5. The third-order valence-electron chi connectivity index (χ3n) is 3.08. The zero-order valence-corrected chi connectivity index (χ0v) is 12.6. The van der Waals surface area contributed by atoms with Gasteiger partial charge in [0.2, 0.25) is 0 Å². The maximum atomic E-state index is 12.5. The standard InChI is InChI=1S/C13H16BrClN2O/c1-2-5-17(10-7-16-8-10)13(18)11-6-9(14)3-4-12(11)15/h3-4,6,10,16H,2,5,7-8H2,1H3. The third-order valence-corrected chi connectivity index (χ3v) is 3.91. The minimum atomic E-state index is 0.0228. The monoisotopic (exact) mass is 330 g/mol. The van der Waals surface area contributed by atoms with Gasteiger partial charge in [-0.25, -0.2) is 0 Å². The van der Waals surface area contributed by atoms with Gasteiger partial charge >= 0.3 is 0 Å². The molecule has 1 heterocycles. The molecule has 1 N–H and O–H groups in total. The summed E-state index contributed by atoms with van der Waals surface area (Å²) in [5, 5.41) is 3.71. The van der Waals surface area contributed by atoms with E-state index in [1.165, 1.54) is 0 Å². The topological polar surface area (TPSA) is 32.3 Å². The fraction of sp³-hybridized carbons (Fsp3) is 0.462. The molecule has 0 aromatic heterocycles. The lowest BCUT2D eigenvalue weighted by atomic mass is 10.1. The molecule has 5 heteroatoms. The Labute approximate surface area is 121 Å². The predicted octanol–water partition coefficient (Wildman–Crippen LogP) is 2.93. The molecule has 1 fully saturated rings. The van der Waals surface area contributed by atoms with Crippen LogP contribution in [0.1, 0.15) is 23.7 Å². The molecule has 1 saturated heterocycles.